The SMILES string of the molecule is CCN1CCN(c2cc(F)c(-c3csc(C)n3)cc2F)CC1. The lowest BCUT2D eigenvalue weighted by atomic mass is 10.1. The molecule has 0 atom stereocenters. The Bertz CT molecular complexity index is 663. The van der Waals surface area contributed by atoms with Gasteiger partial charge in [-0.15, -0.1) is 11.3 Å². The van der Waals surface area contributed by atoms with E-state index in [1.807, 2.05) is 11.8 Å². The molecule has 1 aromatic carbocycles. The number of piperazine rings is 1. The van der Waals surface area contributed by atoms with Crippen LogP contribution >= 0.6 is 11.3 Å². The van der Waals surface area contributed by atoms with Gasteiger partial charge in [0, 0.05) is 43.2 Å². The van der Waals surface area contributed by atoms with Crippen LogP contribution in [0.1, 0.15) is 11.9 Å². The van der Waals surface area contributed by atoms with Crippen LogP contribution in [0.2, 0.25) is 0 Å². The fraction of sp³-hybridized carbons (Fsp3) is 0.438. The molecule has 2 aromatic rings. The van der Waals surface area contributed by atoms with Gasteiger partial charge in [0.15, 0.2) is 0 Å². The molecule has 0 aliphatic carbocycles. The van der Waals surface area contributed by atoms with E-state index < -0.39 is 5.82 Å². The zero-order chi connectivity index (χ0) is 15.7. The molecule has 0 N–H and O–H groups in total. The summed E-state index contributed by atoms with van der Waals surface area (Å²) in [7, 11) is 0. The van der Waals surface area contributed by atoms with Gasteiger partial charge in [-0.3, -0.25) is 0 Å². The highest BCUT2D eigenvalue weighted by Gasteiger charge is 2.21. The van der Waals surface area contributed by atoms with Gasteiger partial charge >= 0.3 is 0 Å². The second kappa shape index (κ2) is 6.30. The maximum absolute atomic E-state index is 14.4. The average Bonchev–Trinajstić information content (AvgIpc) is 2.95. The molecule has 3 nitrogen and oxygen atoms in total. The van der Waals surface area contributed by atoms with Crippen LogP contribution in [0.25, 0.3) is 11.3 Å². The standard InChI is InChI=1S/C16H19F2N3S/c1-3-20-4-6-21(7-5-20)16-9-13(17)12(8-14(16)18)15-10-22-11(2)19-15/h8-10H,3-7H2,1-2H3. The molecule has 1 fully saturated rings. The first-order valence-electron chi connectivity index (χ1n) is 7.47. The summed E-state index contributed by atoms with van der Waals surface area (Å²) in [5.41, 5.74) is 1.09. The number of anilines is 1. The topological polar surface area (TPSA) is 19.4 Å². The third-order valence-electron chi connectivity index (χ3n) is 4.09. The number of thiazole rings is 1. The van der Waals surface area contributed by atoms with Gasteiger partial charge in [0.25, 0.3) is 0 Å². The number of halogens is 2. The predicted molar refractivity (Wildman–Crippen MR) is 86.5 cm³/mol. The van der Waals surface area contributed by atoms with Crippen LogP contribution in [0.15, 0.2) is 17.5 Å². The fourth-order valence-corrected chi connectivity index (χ4v) is 3.38. The maximum atomic E-state index is 14.4. The van der Waals surface area contributed by atoms with Gasteiger partial charge < -0.3 is 9.80 Å². The smallest absolute Gasteiger partial charge is 0.147 e. The minimum absolute atomic E-state index is 0.234. The van der Waals surface area contributed by atoms with Crippen molar-refractivity contribution in [1.29, 1.82) is 0 Å². The molecule has 3 rings (SSSR count). The molecular weight excluding hydrogens is 304 g/mol. The van der Waals surface area contributed by atoms with Crippen molar-refractivity contribution in [2.75, 3.05) is 37.6 Å². The van der Waals surface area contributed by atoms with Crippen LogP contribution < -0.4 is 4.90 Å². The number of rotatable bonds is 3. The molecule has 22 heavy (non-hydrogen) atoms. The van der Waals surface area contributed by atoms with Crippen molar-refractivity contribution >= 4 is 17.0 Å². The minimum atomic E-state index is -0.417. The van der Waals surface area contributed by atoms with E-state index in [1.165, 1.54) is 23.5 Å². The van der Waals surface area contributed by atoms with Gasteiger partial charge in [-0.1, -0.05) is 6.92 Å². The number of likely N-dealkylation sites (N-methyl/N-ethyl adjacent to an activating group) is 1. The highest BCUT2D eigenvalue weighted by molar-refractivity contribution is 7.09. The van der Waals surface area contributed by atoms with Crippen molar-refractivity contribution in [2.24, 2.45) is 0 Å². The average molecular weight is 323 g/mol. The van der Waals surface area contributed by atoms with Crippen molar-refractivity contribution in [1.82, 2.24) is 9.88 Å². The molecule has 0 bridgehead atoms. The molecule has 1 aliphatic rings. The largest absolute Gasteiger partial charge is 0.367 e. The molecule has 0 unspecified atom stereocenters. The Kier molecular flexibility index (Phi) is 4.40. The van der Waals surface area contributed by atoms with Gasteiger partial charge in [-0.25, -0.2) is 13.8 Å². The Hall–Kier alpha value is -1.53. The molecule has 1 saturated heterocycles. The van der Waals surface area contributed by atoms with Gasteiger partial charge in [-0.05, 0) is 19.5 Å². The van der Waals surface area contributed by atoms with E-state index in [4.69, 9.17) is 0 Å². The Balaban J connectivity index is 1.87. The second-order valence-corrected chi connectivity index (χ2v) is 6.52. The Labute approximate surface area is 133 Å². The highest BCUT2D eigenvalue weighted by atomic mass is 32.1. The molecule has 2 heterocycles. The predicted octanol–water partition coefficient (Wildman–Crippen LogP) is 3.54. The van der Waals surface area contributed by atoms with Crippen LogP contribution in [0.5, 0.6) is 0 Å². The van der Waals surface area contributed by atoms with Crippen LogP contribution in [0.4, 0.5) is 14.5 Å². The van der Waals surface area contributed by atoms with Crippen LogP contribution in [-0.2, 0) is 0 Å². The van der Waals surface area contributed by atoms with E-state index in [1.54, 1.807) is 5.38 Å². The van der Waals surface area contributed by atoms with E-state index in [2.05, 4.69) is 16.8 Å². The molecule has 1 aromatic heterocycles. The Morgan fingerprint density at radius 3 is 2.45 bits per heavy atom. The number of aromatic nitrogens is 1. The molecule has 0 radical (unpaired) electrons. The number of nitrogens with zero attached hydrogens (tertiary/aromatic N) is 3. The van der Waals surface area contributed by atoms with Gasteiger partial charge in [0.2, 0.25) is 0 Å². The molecule has 6 heteroatoms. The van der Waals surface area contributed by atoms with E-state index >= 15 is 0 Å². The van der Waals surface area contributed by atoms with Gasteiger partial charge in [0.1, 0.15) is 11.6 Å². The summed E-state index contributed by atoms with van der Waals surface area (Å²) < 4.78 is 28.8. The van der Waals surface area contributed by atoms with Crippen LogP contribution in [-0.4, -0.2) is 42.6 Å². The lowest BCUT2D eigenvalue weighted by Crippen LogP contribution is -2.46. The van der Waals surface area contributed by atoms with E-state index in [0.717, 1.165) is 37.7 Å². The van der Waals surface area contributed by atoms with Gasteiger partial charge in [0.05, 0.1) is 16.4 Å². The molecule has 118 valence electrons. The van der Waals surface area contributed by atoms with Crippen molar-refractivity contribution in [3.63, 3.8) is 0 Å². The quantitative estimate of drug-likeness (QED) is 0.861. The summed E-state index contributed by atoms with van der Waals surface area (Å²) in [6.07, 6.45) is 0. The normalized spacial score (nSPS) is 16.3. The van der Waals surface area contributed by atoms with Crippen molar-refractivity contribution in [2.45, 2.75) is 13.8 Å². The zero-order valence-corrected chi connectivity index (χ0v) is 13.6. The van der Waals surface area contributed by atoms with Gasteiger partial charge in [-0.2, -0.15) is 0 Å². The molecule has 1 aliphatic heterocycles. The Morgan fingerprint density at radius 2 is 1.86 bits per heavy atom. The zero-order valence-electron chi connectivity index (χ0n) is 12.8. The maximum Gasteiger partial charge on any atom is 0.147 e. The molecular formula is C16H19F2N3S. The van der Waals surface area contributed by atoms with E-state index in [-0.39, 0.29) is 11.4 Å². The number of hydrogen-bond acceptors (Lipinski definition) is 4. The number of aryl methyl sites for hydroxylation is 1. The summed E-state index contributed by atoms with van der Waals surface area (Å²) in [6.45, 7) is 8.16. The first kappa shape index (κ1) is 15.4. The summed E-state index contributed by atoms with van der Waals surface area (Å²) in [6, 6.07) is 2.58. The molecule has 0 spiro atoms. The third-order valence-corrected chi connectivity index (χ3v) is 4.87. The van der Waals surface area contributed by atoms with E-state index in [9.17, 15) is 8.78 Å². The summed E-state index contributed by atoms with van der Waals surface area (Å²) in [5, 5.41) is 2.60. The number of hydrogen-bond donors (Lipinski definition) is 0. The first-order valence-corrected chi connectivity index (χ1v) is 8.35. The first-order chi connectivity index (χ1) is 10.6. The Morgan fingerprint density at radius 1 is 1.14 bits per heavy atom. The van der Waals surface area contributed by atoms with E-state index in [0.29, 0.717) is 11.4 Å². The molecule has 0 saturated carbocycles. The lowest BCUT2D eigenvalue weighted by Gasteiger charge is -2.35. The summed E-state index contributed by atoms with van der Waals surface area (Å²) in [4.78, 5) is 8.46. The van der Waals surface area contributed by atoms with Crippen molar-refractivity contribution in [3.8, 4) is 11.3 Å². The monoisotopic (exact) mass is 323 g/mol. The minimum Gasteiger partial charge on any atom is -0.367 e. The lowest BCUT2D eigenvalue weighted by molar-refractivity contribution is 0.270. The van der Waals surface area contributed by atoms with Crippen molar-refractivity contribution < 1.29 is 8.78 Å². The highest BCUT2D eigenvalue weighted by Crippen LogP contribution is 2.30. The summed E-state index contributed by atoms with van der Waals surface area (Å²) >= 11 is 1.43. The van der Waals surface area contributed by atoms with Crippen molar-refractivity contribution in [3.05, 3.63) is 34.2 Å². The second-order valence-electron chi connectivity index (χ2n) is 5.46. The fourth-order valence-electron chi connectivity index (χ4n) is 2.77. The van der Waals surface area contributed by atoms with Crippen LogP contribution in [0, 0.1) is 18.6 Å². The molecule has 0 amide bonds. The number of benzene rings is 1. The van der Waals surface area contributed by atoms with Crippen LogP contribution in [0.3, 0.4) is 0 Å². The summed E-state index contributed by atoms with van der Waals surface area (Å²) in [5.74, 6) is -0.799. The third kappa shape index (κ3) is 2.98.